The molecule has 2 nitrogen and oxygen atoms in total. The summed E-state index contributed by atoms with van der Waals surface area (Å²) in [6.07, 6.45) is 9.41. The highest BCUT2D eigenvalue weighted by Gasteiger charge is 2.20. The summed E-state index contributed by atoms with van der Waals surface area (Å²) in [4.78, 5) is 0. The average Bonchev–Trinajstić information content (AvgIpc) is 2.61. The minimum atomic E-state index is 0.874. The van der Waals surface area contributed by atoms with Crippen LogP contribution in [0.25, 0.3) is 5.52 Å². The molecule has 0 atom stereocenters. The Labute approximate surface area is 114 Å². The van der Waals surface area contributed by atoms with Crippen molar-refractivity contribution < 1.29 is 0 Å². The average molecular weight is 252 g/mol. The van der Waals surface area contributed by atoms with E-state index in [-0.39, 0.29) is 0 Å². The number of hydrogen-bond acceptors (Lipinski definition) is 1. The number of nitrogens with zero attached hydrogens (tertiary/aromatic N) is 2. The van der Waals surface area contributed by atoms with Crippen LogP contribution in [0, 0.1) is 25.2 Å². The maximum atomic E-state index is 9.55. The first-order chi connectivity index (χ1) is 9.22. The molecule has 0 saturated carbocycles. The first-order valence-corrected chi connectivity index (χ1v) is 7.25. The second kappa shape index (κ2) is 4.74. The Bertz CT molecular complexity index is 671. The monoisotopic (exact) mass is 252 g/mol. The van der Waals surface area contributed by atoms with Gasteiger partial charge in [-0.3, -0.25) is 0 Å². The number of nitriles is 1. The normalized spacial score (nSPS) is 15.6. The van der Waals surface area contributed by atoms with Gasteiger partial charge >= 0.3 is 0 Å². The summed E-state index contributed by atoms with van der Waals surface area (Å²) in [6.45, 7) is 4.27. The first kappa shape index (κ1) is 12.3. The molecule has 19 heavy (non-hydrogen) atoms. The molecule has 98 valence electrons. The Morgan fingerprint density at radius 2 is 1.74 bits per heavy atom. The fourth-order valence-corrected chi connectivity index (χ4v) is 3.51. The lowest BCUT2D eigenvalue weighted by Crippen LogP contribution is -1.98. The van der Waals surface area contributed by atoms with Gasteiger partial charge in [0.05, 0.1) is 5.52 Å². The molecule has 0 unspecified atom stereocenters. The lowest BCUT2D eigenvalue weighted by molar-refractivity contribution is 0.620. The molecule has 0 saturated heterocycles. The van der Waals surface area contributed by atoms with Crippen molar-refractivity contribution in [2.45, 2.75) is 52.4 Å². The molecule has 0 aromatic carbocycles. The molecule has 2 heterocycles. The van der Waals surface area contributed by atoms with Crippen molar-refractivity contribution in [3.8, 4) is 6.07 Å². The van der Waals surface area contributed by atoms with Crippen molar-refractivity contribution >= 4 is 5.52 Å². The molecule has 3 rings (SSSR count). The molecule has 1 aliphatic carbocycles. The fraction of sp³-hybridized carbons (Fsp3) is 0.471. The molecule has 1 aliphatic rings. The number of aryl methyl sites for hydroxylation is 3. The van der Waals surface area contributed by atoms with Gasteiger partial charge in [0.2, 0.25) is 0 Å². The molecule has 0 aliphatic heterocycles. The second-order valence-electron chi connectivity index (χ2n) is 5.75. The van der Waals surface area contributed by atoms with Crippen LogP contribution >= 0.6 is 0 Å². The van der Waals surface area contributed by atoms with Crippen LogP contribution in [0.2, 0.25) is 0 Å². The zero-order valence-electron chi connectivity index (χ0n) is 11.8. The van der Waals surface area contributed by atoms with Crippen molar-refractivity contribution in [1.82, 2.24) is 4.40 Å². The van der Waals surface area contributed by atoms with Gasteiger partial charge in [0.15, 0.2) is 0 Å². The summed E-state index contributed by atoms with van der Waals surface area (Å²) in [5.41, 5.74) is 7.45. The molecule has 0 amide bonds. The van der Waals surface area contributed by atoms with E-state index in [1.165, 1.54) is 53.5 Å². The zero-order chi connectivity index (χ0) is 13.4. The van der Waals surface area contributed by atoms with Gasteiger partial charge < -0.3 is 4.40 Å². The predicted octanol–water partition coefficient (Wildman–Crippen LogP) is 4.09. The fourth-order valence-electron chi connectivity index (χ4n) is 3.51. The summed E-state index contributed by atoms with van der Waals surface area (Å²) in [6, 6.07) is 4.68. The molecule has 0 N–H and O–H groups in total. The van der Waals surface area contributed by atoms with Gasteiger partial charge in [-0.15, -0.1) is 0 Å². The van der Waals surface area contributed by atoms with Gasteiger partial charge in [-0.05, 0) is 61.8 Å². The lowest BCUT2D eigenvalue weighted by Gasteiger charge is -2.10. The molecule has 0 fully saturated rings. The van der Waals surface area contributed by atoms with Gasteiger partial charge in [0.25, 0.3) is 0 Å². The Balaban J connectivity index is 2.36. The van der Waals surface area contributed by atoms with Crippen LogP contribution in [-0.2, 0) is 12.8 Å². The van der Waals surface area contributed by atoms with Crippen molar-refractivity contribution in [2.75, 3.05) is 0 Å². The minimum absolute atomic E-state index is 0.874. The third-order valence-corrected chi connectivity index (χ3v) is 4.28. The highest BCUT2D eigenvalue weighted by molar-refractivity contribution is 5.69. The summed E-state index contributed by atoms with van der Waals surface area (Å²) < 4.78 is 2.14. The SMILES string of the molecule is Cc1cc(C)c2c3c(c(C#N)n2c1)CCCCCC3. The van der Waals surface area contributed by atoms with Crippen molar-refractivity contribution in [3.05, 3.63) is 40.2 Å². The molecule has 2 heteroatoms. The summed E-state index contributed by atoms with van der Waals surface area (Å²) >= 11 is 0. The molecule has 2 aromatic rings. The molecule has 0 spiro atoms. The Morgan fingerprint density at radius 1 is 1.05 bits per heavy atom. The van der Waals surface area contributed by atoms with E-state index in [1.807, 2.05) is 0 Å². The van der Waals surface area contributed by atoms with E-state index < -0.39 is 0 Å². The van der Waals surface area contributed by atoms with E-state index in [0.717, 1.165) is 18.5 Å². The maximum Gasteiger partial charge on any atom is 0.128 e. The van der Waals surface area contributed by atoms with E-state index in [4.69, 9.17) is 0 Å². The van der Waals surface area contributed by atoms with E-state index in [1.54, 1.807) is 0 Å². The van der Waals surface area contributed by atoms with E-state index in [2.05, 4.69) is 36.6 Å². The van der Waals surface area contributed by atoms with Gasteiger partial charge in [-0.2, -0.15) is 5.26 Å². The Hall–Kier alpha value is -1.75. The van der Waals surface area contributed by atoms with E-state index in [0.29, 0.717) is 0 Å². The summed E-state index contributed by atoms with van der Waals surface area (Å²) in [7, 11) is 0. The van der Waals surface area contributed by atoms with Crippen LogP contribution < -0.4 is 0 Å². The number of fused-ring (bicyclic) bond motifs is 3. The van der Waals surface area contributed by atoms with Gasteiger partial charge in [0.1, 0.15) is 11.8 Å². The molecule has 0 bridgehead atoms. The number of hydrogen-bond donors (Lipinski definition) is 0. The number of aromatic nitrogens is 1. The summed E-state index contributed by atoms with van der Waals surface area (Å²) in [5, 5.41) is 9.55. The second-order valence-corrected chi connectivity index (χ2v) is 5.75. The van der Waals surface area contributed by atoms with Crippen molar-refractivity contribution in [1.29, 1.82) is 5.26 Å². The van der Waals surface area contributed by atoms with Gasteiger partial charge in [-0.25, -0.2) is 0 Å². The molecule has 2 aromatic heterocycles. The molecule has 0 radical (unpaired) electrons. The van der Waals surface area contributed by atoms with Gasteiger partial charge in [0, 0.05) is 6.20 Å². The Kier molecular flexibility index (Phi) is 3.06. The van der Waals surface area contributed by atoms with Crippen molar-refractivity contribution in [2.24, 2.45) is 0 Å². The first-order valence-electron chi connectivity index (χ1n) is 7.25. The van der Waals surface area contributed by atoms with Gasteiger partial charge in [-0.1, -0.05) is 18.9 Å². The maximum absolute atomic E-state index is 9.55. The van der Waals surface area contributed by atoms with Crippen LogP contribution in [0.1, 0.15) is 53.6 Å². The zero-order valence-corrected chi connectivity index (χ0v) is 11.8. The minimum Gasteiger partial charge on any atom is -0.307 e. The van der Waals surface area contributed by atoms with E-state index in [9.17, 15) is 5.26 Å². The van der Waals surface area contributed by atoms with Crippen LogP contribution in [0.5, 0.6) is 0 Å². The highest BCUT2D eigenvalue weighted by Crippen LogP contribution is 2.31. The van der Waals surface area contributed by atoms with E-state index >= 15 is 0 Å². The third-order valence-electron chi connectivity index (χ3n) is 4.28. The predicted molar refractivity (Wildman–Crippen MR) is 77.5 cm³/mol. The van der Waals surface area contributed by atoms with Crippen LogP contribution in [0.15, 0.2) is 12.3 Å². The van der Waals surface area contributed by atoms with Crippen molar-refractivity contribution in [3.63, 3.8) is 0 Å². The van der Waals surface area contributed by atoms with Crippen LogP contribution in [0.3, 0.4) is 0 Å². The third kappa shape index (κ3) is 1.94. The number of rotatable bonds is 0. The van der Waals surface area contributed by atoms with Crippen LogP contribution in [-0.4, -0.2) is 4.40 Å². The topological polar surface area (TPSA) is 28.2 Å². The van der Waals surface area contributed by atoms with Crippen LogP contribution in [0.4, 0.5) is 0 Å². The largest absolute Gasteiger partial charge is 0.307 e. The quantitative estimate of drug-likeness (QED) is 0.694. The summed E-state index contributed by atoms with van der Waals surface area (Å²) in [5.74, 6) is 0. The Morgan fingerprint density at radius 3 is 2.42 bits per heavy atom. The molecular formula is C17H20N2. The smallest absolute Gasteiger partial charge is 0.128 e. The standard InChI is InChI=1S/C17H20N2/c1-12-9-13(2)17-15-8-6-4-3-5-7-14(15)16(10-18)19(17)11-12/h9,11H,3-8H2,1-2H3. The lowest BCUT2D eigenvalue weighted by atomic mass is 9.93. The molecular weight excluding hydrogens is 232 g/mol. The highest BCUT2D eigenvalue weighted by atomic mass is 14.9. The number of pyridine rings is 1.